The minimum atomic E-state index is -0.422. The Morgan fingerprint density at radius 3 is 2.68 bits per heavy atom. The number of hydrogen-bond donors (Lipinski definition) is 0. The van der Waals surface area contributed by atoms with Crippen LogP contribution in [0.15, 0.2) is 18.2 Å². The number of halogens is 1. The normalized spacial score (nSPS) is 10.5. The van der Waals surface area contributed by atoms with E-state index in [4.69, 9.17) is 16.3 Å². The molecule has 0 radical (unpaired) electrons. The highest BCUT2D eigenvalue weighted by molar-refractivity contribution is 6.29. The molecule has 0 spiro atoms. The average molecular weight is 280 g/mol. The third kappa shape index (κ3) is 2.93. The van der Waals surface area contributed by atoms with E-state index in [0.717, 1.165) is 11.4 Å². The molecule has 6 heteroatoms. The van der Waals surface area contributed by atoms with Crippen molar-refractivity contribution in [2.45, 2.75) is 20.8 Å². The van der Waals surface area contributed by atoms with Crippen LogP contribution >= 0.6 is 11.6 Å². The van der Waals surface area contributed by atoms with E-state index >= 15 is 0 Å². The van der Waals surface area contributed by atoms with Gasteiger partial charge in [0.05, 0.1) is 17.9 Å². The summed E-state index contributed by atoms with van der Waals surface area (Å²) in [6, 6.07) is 5.02. The Morgan fingerprint density at radius 2 is 2.11 bits per heavy atom. The number of esters is 1. The SMILES string of the molecule is CCOC(=O)c1cc(Cl)nc(-n2nc(C)cc2C)c1. The quantitative estimate of drug-likeness (QED) is 0.640. The Labute approximate surface area is 116 Å². The number of hydrogen-bond acceptors (Lipinski definition) is 4. The van der Waals surface area contributed by atoms with Gasteiger partial charge in [0.2, 0.25) is 0 Å². The average Bonchev–Trinajstić information content (AvgIpc) is 2.68. The number of rotatable bonds is 3. The van der Waals surface area contributed by atoms with Crippen molar-refractivity contribution in [2.24, 2.45) is 0 Å². The van der Waals surface area contributed by atoms with Crippen molar-refractivity contribution in [1.29, 1.82) is 0 Å². The lowest BCUT2D eigenvalue weighted by atomic mass is 10.2. The maximum atomic E-state index is 11.7. The van der Waals surface area contributed by atoms with Gasteiger partial charge in [0.25, 0.3) is 0 Å². The molecule has 0 saturated heterocycles. The van der Waals surface area contributed by atoms with Crippen LogP contribution in [0.1, 0.15) is 28.7 Å². The molecule has 2 heterocycles. The zero-order valence-electron chi connectivity index (χ0n) is 11.0. The molecule has 0 aliphatic rings. The fourth-order valence-corrected chi connectivity index (χ4v) is 1.99. The molecule has 0 N–H and O–H groups in total. The lowest BCUT2D eigenvalue weighted by molar-refractivity contribution is 0.0526. The van der Waals surface area contributed by atoms with Crippen molar-refractivity contribution in [1.82, 2.24) is 14.8 Å². The fraction of sp³-hybridized carbons (Fsp3) is 0.308. The summed E-state index contributed by atoms with van der Waals surface area (Å²) < 4.78 is 6.60. The molecule has 2 aromatic heterocycles. The summed E-state index contributed by atoms with van der Waals surface area (Å²) in [5.74, 6) is 0.0794. The molecule has 0 aromatic carbocycles. The van der Waals surface area contributed by atoms with E-state index in [0.29, 0.717) is 18.0 Å². The van der Waals surface area contributed by atoms with Gasteiger partial charge in [-0.25, -0.2) is 14.5 Å². The highest BCUT2D eigenvalue weighted by Crippen LogP contribution is 2.16. The zero-order valence-corrected chi connectivity index (χ0v) is 11.7. The minimum absolute atomic E-state index is 0.230. The molecule has 0 amide bonds. The number of carbonyl (C=O) groups excluding carboxylic acids is 1. The molecule has 2 rings (SSSR count). The monoisotopic (exact) mass is 279 g/mol. The maximum absolute atomic E-state index is 11.7. The van der Waals surface area contributed by atoms with Crippen LogP contribution in [0.5, 0.6) is 0 Å². The lowest BCUT2D eigenvalue weighted by Crippen LogP contribution is -2.08. The Kier molecular flexibility index (Phi) is 3.85. The molecule has 0 bridgehead atoms. The summed E-state index contributed by atoms with van der Waals surface area (Å²) >= 11 is 5.94. The first-order valence-electron chi connectivity index (χ1n) is 5.89. The maximum Gasteiger partial charge on any atom is 0.338 e. The van der Waals surface area contributed by atoms with Crippen LogP contribution in [-0.4, -0.2) is 27.3 Å². The highest BCUT2D eigenvalue weighted by Gasteiger charge is 2.13. The van der Waals surface area contributed by atoms with E-state index in [1.54, 1.807) is 17.7 Å². The van der Waals surface area contributed by atoms with E-state index in [2.05, 4.69) is 10.1 Å². The number of ether oxygens (including phenoxy) is 1. The summed E-state index contributed by atoms with van der Waals surface area (Å²) in [4.78, 5) is 15.9. The molecule has 5 nitrogen and oxygen atoms in total. The first-order valence-corrected chi connectivity index (χ1v) is 6.27. The second-order valence-corrected chi connectivity index (χ2v) is 4.48. The molecule has 0 unspecified atom stereocenters. The predicted octanol–water partition coefficient (Wildman–Crippen LogP) is 2.71. The second kappa shape index (κ2) is 5.40. The molecule has 0 aliphatic heterocycles. The summed E-state index contributed by atoms with van der Waals surface area (Å²) in [5.41, 5.74) is 2.16. The van der Waals surface area contributed by atoms with Gasteiger partial charge in [-0.1, -0.05) is 11.6 Å². The number of aromatic nitrogens is 3. The van der Waals surface area contributed by atoms with E-state index < -0.39 is 5.97 Å². The van der Waals surface area contributed by atoms with Crippen LogP contribution < -0.4 is 0 Å². The van der Waals surface area contributed by atoms with Crippen molar-refractivity contribution >= 4 is 17.6 Å². The molecule has 100 valence electrons. The number of pyridine rings is 1. The highest BCUT2D eigenvalue weighted by atomic mass is 35.5. The third-order valence-corrected chi connectivity index (χ3v) is 2.71. The van der Waals surface area contributed by atoms with Crippen molar-refractivity contribution in [3.05, 3.63) is 40.3 Å². The fourth-order valence-electron chi connectivity index (χ4n) is 1.78. The minimum Gasteiger partial charge on any atom is -0.462 e. The van der Waals surface area contributed by atoms with E-state index in [9.17, 15) is 4.79 Å². The molecular formula is C13H14ClN3O2. The molecule has 0 saturated carbocycles. The van der Waals surface area contributed by atoms with Gasteiger partial charge < -0.3 is 4.74 Å². The van der Waals surface area contributed by atoms with Crippen molar-refractivity contribution in [2.75, 3.05) is 6.61 Å². The predicted molar refractivity (Wildman–Crippen MR) is 71.8 cm³/mol. The van der Waals surface area contributed by atoms with Crippen LogP contribution in [-0.2, 0) is 4.74 Å². The van der Waals surface area contributed by atoms with Gasteiger partial charge in [-0.3, -0.25) is 0 Å². The van der Waals surface area contributed by atoms with Gasteiger partial charge in [-0.05, 0) is 39.0 Å². The number of nitrogens with zero attached hydrogens (tertiary/aromatic N) is 3. The Balaban J connectivity index is 2.47. The van der Waals surface area contributed by atoms with Crippen LogP contribution in [0.2, 0.25) is 5.15 Å². The molecule has 0 atom stereocenters. The van der Waals surface area contributed by atoms with E-state index in [1.807, 2.05) is 19.9 Å². The number of carbonyl (C=O) groups is 1. The topological polar surface area (TPSA) is 57.0 Å². The summed E-state index contributed by atoms with van der Waals surface area (Å²) in [5, 5.41) is 4.54. The summed E-state index contributed by atoms with van der Waals surface area (Å²) in [6.07, 6.45) is 0. The van der Waals surface area contributed by atoms with Crippen molar-refractivity contribution in [3.8, 4) is 5.82 Å². The third-order valence-electron chi connectivity index (χ3n) is 2.52. The van der Waals surface area contributed by atoms with Crippen molar-refractivity contribution in [3.63, 3.8) is 0 Å². The van der Waals surface area contributed by atoms with Crippen LogP contribution in [0.25, 0.3) is 5.82 Å². The van der Waals surface area contributed by atoms with Gasteiger partial charge in [0, 0.05) is 5.69 Å². The van der Waals surface area contributed by atoms with Gasteiger partial charge in [0.15, 0.2) is 5.82 Å². The first kappa shape index (κ1) is 13.5. The van der Waals surface area contributed by atoms with Gasteiger partial charge in [-0.15, -0.1) is 0 Å². The zero-order chi connectivity index (χ0) is 14.0. The standard InChI is InChI=1S/C13H14ClN3O2/c1-4-19-13(18)10-6-11(14)15-12(7-10)17-9(3)5-8(2)16-17/h5-7H,4H2,1-3H3. The Bertz CT molecular complexity index is 622. The van der Waals surface area contributed by atoms with Crippen molar-refractivity contribution < 1.29 is 9.53 Å². The van der Waals surface area contributed by atoms with Crippen LogP contribution in [0.4, 0.5) is 0 Å². The Hall–Kier alpha value is -1.88. The molecular weight excluding hydrogens is 266 g/mol. The van der Waals surface area contributed by atoms with Crippen LogP contribution in [0.3, 0.4) is 0 Å². The van der Waals surface area contributed by atoms with E-state index in [1.165, 1.54) is 6.07 Å². The summed E-state index contributed by atoms with van der Waals surface area (Å²) in [7, 11) is 0. The molecule has 2 aromatic rings. The number of aryl methyl sites for hydroxylation is 2. The smallest absolute Gasteiger partial charge is 0.338 e. The second-order valence-electron chi connectivity index (χ2n) is 4.10. The lowest BCUT2D eigenvalue weighted by Gasteiger charge is -2.07. The molecule has 19 heavy (non-hydrogen) atoms. The van der Waals surface area contributed by atoms with Gasteiger partial charge >= 0.3 is 5.97 Å². The molecule has 0 aliphatic carbocycles. The van der Waals surface area contributed by atoms with Gasteiger partial charge in [-0.2, -0.15) is 5.10 Å². The van der Waals surface area contributed by atoms with Gasteiger partial charge in [0.1, 0.15) is 5.15 Å². The first-order chi connectivity index (χ1) is 9.01. The summed E-state index contributed by atoms with van der Waals surface area (Å²) in [6.45, 7) is 5.86. The molecule has 0 fully saturated rings. The largest absolute Gasteiger partial charge is 0.462 e. The Morgan fingerprint density at radius 1 is 1.37 bits per heavy atom. The van der Waals surface area contributed by atoms with Crippen LogP contribution in [0, 0.1) is 13.8 Å². The van der Waals surface area contributed by atoms with E-state index in [-0.39, 0.29) is 5.15 Å².